The van der Waals surface area contributed by atoms with E-state index in [1.165, 1.54) is 47.4 Å². The lowest BCUT2D eigenvalue weighted by Gasteiger charge is -2.14. The van der Waals surface area contributed by atoms with Crippen LogP contribution in [0.15, 0.2) is 89.1 Å². The largest absolute Gasteiger partial charge is 0.322 e. The first kappa shape index (κ1) is 25.1. The maximum absolute atomic E-state index is 12.9. The molecule has 4 rings (SSSR count). The molecule has 0 saturated carbocycles. The number of carbonyl (C=O) groups is 2. The average Bonchev–Trinajstić information content (AvgIpc) is 3.36. The molecule has 10 heteroatoms. The number of nitrogens with one attached hydrogen (secondary N) is 2. The molecule has 182 valence electrons. The normalized spacial score (nSPS) is 11.5. The highest BCUT2D eigenvalue weighted by Crippen LogP contribution is 2.30. The molecule has 0 saturated heterocycles. The second kappa shape index (κ2) is 11.6. The van der Waals surface area contributed by atoms with Crippen molar-refractivity contribution in [1.82, 2.24) is 4.98 Å². The fraction of sp³-hybridized carbons (Fsp3) is 0.115. The van der Waals surface area contributed by atoms with Gasteiger partial charge in [0.05, 0.1) is 15.9 Å². The number of nitrogens with zero attached hydrogens (tertiary/aromatic N) is 2. The van der Waals surface area contributed by atoms with E-state index in [0.29, 0.717) is 22.8 Å². The molecule has 4 aromatic rings. The van der Waals surface area contributed by atoms with Gasteiger partial charge in [0.25, 0.3) is 11.6 Å². The molecule has 8 nitrogen and oxygen atoms in total. The molecule has 1 atom stereocenters. The molecule has 36 heavy (non-hydrogen) atoms. The van der Waals surface area contributed by atoms with Gasteiger partial charge in [-0.1, -0.05) is 43.3 Å². The van der Waals surface area contributed by atoms with Gasteiger partial charge in [-0.05, 0) is 36.8 Å². The highest BCUT2D eigenvalue weighted by atomic mass is 32.2. The van der Waals surface area contributed by atoms with Gasteiger partial charge >= 0.3 is 0 Å². The van der Waals surface area contributed by atoms with Gasteiger partial charge in [0.15, 0.2) is 5.13 Å². The number of nitro benzene ring substituents is 1. The third-order valence-electron chi connectivity index (χ3n) is 5.18. The predicted molar refractivity (Wildman–Crippen MR) is 144 cm³/mol. The van der Waals surface area contributed by atoms with Crippen molar-refractivity contribution in [2.75, 3.05) is 10.6 Å². The summed E-state index contributed by atoms with van der Waals surface area (Å²) in [6.45, 7) is 1.94. The fourth-order valence-electron chi connectivity index (χ4n) is 3.33. The van der Waals surface area contributed by atoms with Crippen LogP contribution in [0.2, 0.25) is 0 Å². The van der Waals surface area contributed by atoms with Crippen molar-refractivity contribution in [1.29, 1.82) is 0 Å². The Bertz CT molecular complexity index is 1370. The van der Waals surface area contributed by atoms with E-state index in [-0.39, 0.29) is 22.8 Å². The molecule has 0 fully saturated rings. The first-order valence-corrected chi connectivity index (χ1v) is 12.8. The van der Waals surface area contributed by atoms with Crippen LogP contribution in [0.5, 0.6) is 0 Å². The summed E-state index contributed by atoms with van der Waals surface area (Å²) in [6.07, 6.45) is 0.604. The smallest absolute Gasteiger partial charge is 0.269 e. The molecule has 0 bridgehead atoms. The predicted octanol–water partition coefficient (Wildman–Crippen LogP) is 6.48. The van der Waals surface area contributed by atoms with Crippen LogP contribution in [0.1, 0.15) is 23.7 Å². The number of thiazole rings is 1. The molecule has 0 aliphatic rings. The zero-order chi connectivity index (χ0) is 25.5. The summed E-state index contributed by atoms with van der Waals surface area (Å²) < 4.78 is 0. The number of amides is 2. The van der Waals surface area contributed by atoms with Crippen LogP contribution < -0.4 is 10.6 Å². The summed E-state index contributed by atoms with van der Waals surface area (Å²) in [4.78, 5) is 41.1. The van der Waals surface area contributed by atoms with Crippen molar-refractivity contribution < 1.29 is 14.5 Å². The van der Waals surface area contributed by atoms with Crippen molar-refractivity contribution in [2.45, 2.75) is 23.5 Å². The van der Waals surface area contributed by atoms with Gasteiger partial charge in [-0.25, -0.2) is 4.98 Å². The average molecular weight is 519 g/mol. The molecule has 1 heterocycles. The van der Waals surface area contributed by atoms with Crippen molar-refractivity contribution in [3.8, 4) is 11.3 Å². The number of benzene rings is 3. The Morgan fingerprint density at radius 2 is 1.78 bits per heavy atom. The lowest BCUT2D eigenvalue weighted by molar-refractivity contribution is -0.384. The zero-order valence-corrected chi connectivity index (χ0v) is 20.8. The van der Waals surface area contributed by atoms with Crippen LogP contribution in [0.4, 0.5) is 16.5 Å². The lowest BCUT2D eigenvalue weighted by Crippen LogP contribution is -2.24. The Hall–Kier alpha value is -4.02. The second-order valence-corrected chi connectivity index (χ2v) is 9.83. The Balaban J connectivity index is 1.38. The summed E-state index contributed by atoms with van der Waals surface area (Å²) in [5.41, 5.74) is 2.59. The van der Waals surface area contributed by atoms with E-state index in [9.17, 15) is 19.7 Å². The highest BCUT2D eigenvalue weighted by molar-refractivity contribution is 8.00. The van der Waals surface area contributed by atoms with Gasteiger partial charge in [0.1, 0.15) is 0 Å². The third-order valence-corrected chi connectivity index (χ3v) is 7.29. The number of carbonyl (C=O) groups excluding carboxylic acids is 2. The molecule has 1 unspecified atom stereocenters. The van der Waals surface area contributed by atoms with E-state index in [2.05, 4.69) is 15.6 Å². The molecule has 0 aliphatic carbocycles. The van der Waals surface area contributed by atoms with Crippen molar-refractivity contribution >= 4 is 51.4 Å². The van der Waals surface area contributed by atoms with Crippen molar-refractivity contribution in [3.05, 3.63) is 99.9 Å². The maximum Gasteiger partial charge on any atom is 0.269 e. The minimum absolute atomic E-state index is 0.0807. The molecule has 3 aromatic carbocycles. The van der Waals surface area contributed by atoms with E-state index in [4.69, 9.17) is 0 Å². The fourth-order valence-corrected chi connectivity index (χ4v) is 5.07. The quantitative estimate of drug-likeness (QED) is 0.149. The topological polar surface area (TPSA) is 114 Å². The van der Waals surface area contributed by atoms with Gasteiger partial charge in [-0.15, -0.1) is 23.1 Å². The van der Waals surface area contributed by atoms with E-state index in [0.717, 1.165) is 16.2 Å². The van der Waals surface area contributed by atoms with Gasteiger partial charge in [-0.2, -0.15) is 0 Å². The molecule has 0 radical (unpaired) electrons. The third kappa shape index (κ3) is 6.35. The first-order chi connectivity index (χ1) is 17.4. The number of rotatable bonds is 9. The van der Waals surface area contributed by atoms with Crippen LogP contribution in [0.25, 0.3) is 11.3 Å². The molecule has 1 aromatic heterocycles. The number of aromatic nitrogens is 1. The maximum atomic E-state index is 12.9. The number of non-ortho nitro benzene ring substituents is 1. The number of thioether (sulfide) groups is 1. The van der Waals surface area contributed by atoms with Crippen LogP contribution in [-0.4, -0.2) is 27.0 Å². The van der Waals surface area contributed by atoms with Gasteiger partial charge in [-0.3, -0.25) is 19.7 Å². The Morgan fingerprint density at radius 1 is 1.03 bits per heavy atom. The van der Waals surface area contributed by atoms with E-state index in [1.54, 1.807) is 18.2 Å². The minimum Gasteiger partial charge on any atom is -0.322 e. The Labute approximate surface area is 215 Å². The van der Waals surface area contributed by atoms with Crippen LogP contribution in [-0.2, 0) is 4.79 Å². The van der Waals surface area contributed by atoms with Gasteiger partial charge in [0.2, 0.25) is 5.91 Å². The molecule has 2 amide bonds. The standard InChI is InChI=1S/C26H22N4O4S2/c1-2-23(25(32)29-26-28-22(16-35-26)17-7-4-3-5-8-17)36-21-10-6-9-19(15-21)27-24(31)18-11-13-20(14-12-18)30(33)34/h3-16,23H,2H2,1H3,(H,27,31)(H,28,29,32). The summed E-state index contributed by atoms with van der Waals surface area (Å²) in [5, 5.41) is 18.6. The first-order valence-electron chi connectivity index (χ1n) is 11.1. The molecular weight excluding hydrogens is 496 g/mol. The molecule has 0 spiro atoms. The van der Waals surface area contributed by atoms with E-state index >= 15 is 0 Å². The summed E-state index contributed by atoms with van der Waals surface area (Å²) in [7, 11) is 0. The van der Waals surface area contributed by atoms with Crippen LogP contribution >= 0.6 is 23.1 Å². The Kier molecular flexibility index (Phi) is 8.09. The van der Waals surface area contributed by atoms with Crippen LogP contribution in [0.3, 0.4) is 0 Å². The monoisotopic (exact) mass is 518 g/mol. The minimum atomic E-state index is -0.514. The van der Waals surface area contributed by atoms with E-state index < -0.39 is 4.92 Å². The summed E-state index contributed by atoms with van der Waals surface area (Å²) >= 11 is 2.78. The molecule has 2 N–H and O–H groups in total. The van der Waals surface area contributed by atoms with Crippen molar-refractivity contribution in [3.63, 3.8) is 0 Å². The molecular formula is C26H22N4O4S2. The van der Waals surface area contributed by atoms with Gasteiger partial charge in [0, 0.05) is 39.2 Å². The number of anilines is 2. The Morgan fingerprint density at radius 3 is 2.47 bits per heavy atom. The summed E-state index contributed by atoms with van der Waals surface area (Å²) in [5.74, 6) is -0.522. The molecule has 0 aliphatic heterocycles. The second-order valence-electron chi connectivity index (χ2n) is 7.69. The lowest BCUT2D eigenvalue weighted by atomic mass is 10.2. The van der Waals surface area contributed by atoms with Gasteiger partial charge < -0.3 is 10.6 Å². The SMILES string of the molecule is CCC(Sc1cccc(NC(=O)c2ccc([N+](=O)[O-])cc2)c1)C(=O)Nc1nc(-c2ccccc2)cs1. The summed E-state index contributed by atoms with van der Waals surface area (Å²) in [6, 6.07) is 22.4. The number of nitro groups is 1. The van der Waals surface area contributed by atoms with Crippen molar-refractivity contribution in [2.24, 2.45) is 0 Å². The highest BCUT2D eigenvalue weighted by Gasteiger charge is 2.20. The van der Waals surface area contributed by atoms with E-state index in [1.807, 2.05) is 48.7 Å². The van der Waals surface area contributed by atoms with Crippen LogP contribution in [0, 0.1) is 10.1 Å². The number of hydrogen-bond acceptors (Lipinski definition) is 7. The number of hydrogen-bond donors (Lipinski definition) is 2. The zero-order valence-electron chi connectivity index (χ0n) is 19.2.